The molecule has 2 rings (SSSR count). The number of hydrogen-bond donors (Lipinski definition) is 0. The molecule has 3 heteroatoms. The molecule has 1 aromatic rings. The van der Waals surface area contributed by atoms with Crippen LogP contribution in [0.25, 0.3) is 0 Å². The van der Waals surface area contributed by atoms with E-state index in [0.717, 1.165) is 12.0 Å². The van der Waals surface area contributed by atoms with Crippen molar-refractivity contribution in [3.63, 3.8) is 0 Å². The SMILES string of the molecule is CCCC[C@@H](C)CCC(=O)N1CO[C@@H](c2ccccc2)[C@H]1C. The Hall–Kier alpha value is -1.35. The van der Waals surface area contributed by atoms with Crippen molar-refractivity contribution in [2.24, 2.45) is 5.92 Å². The van der Waals surface area contributed by atoms with Crippen molar-refractivity contribution in [2.45, 2.75) is 65.0 Å². The van der Waals surface area contributed by atoms with Gasteiger partial charge in [0.1, 0.15) is 12.8 Å². The number of carbonyl (C=O) groups is 1. The second-order valence-corrected chi connectivity index (χ2v) is 6.52. The van der Waals surface area contributed by atoms with Crippen LogP contribution in [0, 0.1) is 5.92 Å². The van der Waals surface area contributed by atoms with Gasteiger partial charge in [-0.2, -0.15) is 0 Å². The number of benzene rings is 1. The third-order valence-electron chi connectivity index (χ3n) is 4.67. The summed E-state index contributed by atoms with van der Waals surface area (Å²) in [4.78, 5) is 14.3. The van der Waals surface area contributed by atoms with Gasteiger partial charge in [0.15, 0.2) is 0 Å². The van der Waals surface area contributed by atoms with E-state index in [1.165, 1.54) is 19.3 Å². The van der Waals surface area contributed by atoms with Gasteiger partial charge in [-0.15, -0.1) is 0 Å². The molecule has 22 heavy (non-hydrogen) atoms. The lowest BCUT2D eigenvalue weighted by molar-refractivity contribution is -0.133. The molecule has 1 aromatic carbocycles. The van der Waals surface area contributed by atoms with Crippen molar-refractivity contribution in [2.75, 3.05) is 6.73 Å². The maximum absolute atomic E-state index is 12.5. The molecule has 1 fully saturated rings. The zero-order valence-electron chi connectivity index (χ0n) is 14.1. The first-order chi connectivity index (χ1) is 10.6. The molecular weight excluding hydrogens is 274 g/mol. The van der Waals surface area contributed by atoms with Crippen LogP contribution in [0.15, 0.2) is 30.3 Å². The minimum Gasteiger partial charge on any atom is -0.351 e. The van der Waals surface area contributed by atoms with E-state index in [2.05, 4.69) is 32.9 Å². The Morgan fingerprint density at radius 2 is 2.05 bits per heavy atom. The van der Waals surface area contributed by atoms with E-state index in [9.17, 15) is 4.79 Å². The fraction of sp³-hybridized carbons (Fsp3) is 0.632. The highest BCUT2D eigenvalue weighted by Crippen LogP contribution is 2.31. The van der Waals surface area contributed by atoms with Crippen molar-refractivity contribution in [3.8, 4) is 0 Å². The van der Waals surface area contributed by atoms with Gasteiger partial charge in [0.2, 0.25) is 5.91 Å². The molecule has 0 saturated carbocycles. The van der Waals surface area contributed by atoms with Gasteiger partial charge in [-0.25, -0.2) is 0 Å². The molecule has 0 bridgehead atoms. The highest BCUT2D eigenvalue weighted by Gasteiger charge is 2.35. The lowest BCUT2D eigenvalue weighted by atomic mass is 9.98. The molecule has 0 spiro atoms. The van der Waals surface area contributed by atoms with E-state index in [1.807, 2.05) is 23.1 Å². The zero-order valence-corrected chi connectivity index (χ0v) is 14.1. The van der Waals surface area contributed by atoms with Gasteiger partial charge in [0.05, 0.1) is 6.04 Å². The number of rotatable bonds is 7. The van der Waals surface area contributed by atoms with E-state index in [1.54, 1.807) is 0 Å². The number of nitrogens with zero attached hydrogens (tertiary/aromatic N) is 1. The van der Waals surface area contributed by atoms with Crippen LogP contribution in [-0.4, -0.2) is 23.6 Å². The first-order valence-electron chi connectivity index (χ1n) is 8.59. The summed E-state index contributed by atoms with van der Waals surface area (Å²) in [6.07, 6.45) is 5.34. The third kappa shape index (κ3) is 4.33. The largest absolute Gasteiger partial charge is 0.351 e. The summed E-state index contributed by atoms with van der Waals surface area (Å²) in [5, 5.41) is 0. The van der Waals surface area contributed by atoms with Crippen LogP contribution in [0.5, 0.6) is 0 Å². The molecule has 1 aliphatic rings. The van der Waals surface area contributed by atoms with Gasteiger partial charge in [-0.05, 0) is 24.8 Å². The number of hydrogen-bond acceptors (Lipinski definition) is 2. The Morgan fingerprint density at radius 1 is 1.32 bits per heavy atom. The van der Waals surface area contributed by atoms with E-state index in [0.29, 0.717) is 19.1 Å². The van der Waals surface area contributed by atoms with Gasteiger partial charge >= 0.3 is 0 Å². The van der Waals surface area contributed by atoms with Crippen LogP contribution in [0.2, 0.25) is 0 Å². The number of ether oxygens (including phenoxy) is 1. The van der Waals surface area contributed by atoms with E-state index in [-0.39, 0.29) is 18.1 Å². The van der Waals surface area contributed by atoms with Crippen LogP contribution in [0.4, 0.5) is 0 Å². The predicted octanol–water partition coefficient (Wildman–Crippen LogP) is 4.54. The molecule has 0 radical (unpaired) electrons. The average Bonchev–Trinajstić information content (AvgIpc) is 2.93. The molecule has 0 aromatic heterocycles. The Balaban J connectivity index is 1.84. The van der Waals surface area contributed by atoms with Crippen molar-refractivity contribution in [3.05, 3.63) is 35.9 Å². The van der Waals surface area contributed by atoms with Crippen molar-refractivity contribution in [1.82, 2.24) is 4.90 Å². The topological polar surface area (TPSA) is 29.5 Å². The smallest absolute Gasteiger partial charge is 0.224 e. The average molecular weight is 303 g/mol. The van der Waals surface area contributed by atoms with Crippen molar-refractivity contribution in [1.29, 1.82) is 0 Å². The van der Waals surface area contributed by atoms with Gasteiger partial charge in [0.25, 0.3) is 0 Å². The first-order valence-corrected chi connectivity index (χ1v) is 8.59. The number of unbranched alkanes of at least 4 members (excludes halogenated alkanes) is 1. The third-order valence-corrected chi connectivity index (χ3v) is 4.67. The summed E-state index contributed by atoms with van der Waals surface area (Å²) >= 11 is 0. The highest BCUT2D eigenvalue weighted by molar-refractivity contribution is 5.76. The van der Waals surface area contributed by atoms with Gasteiger partial charge in [0, 0.05) is 6.42 Å². The zero-order chi connectivity index (χ0) is 15.9. The normalized spacial score (nSPS) is 22.8. The Morgan fingerprint density at radius 3 is 2.73 bits per heavy atom. The van der Waals surface area contributed by atoms with Crippen LogP contribution >= 0.6 is 0 Å². The summed E-state index contributed by atoms with van der Waals surface area (Å²) in [5.74, 6) is 0.863. The summed E-state index contributed by atoms with van der Waals surface area (Å²) < 4.78 is 5.86. The number of carbonyl (C=O) groups excluding carboxylic acids is 1. The Bertz CT molecular complexity index is 460. The molecule has 1 amide bonds. The quantitative estimate of drug-likeness (QED) is 0.740. The van der Waals surface area contributed by atoms with Gasteiger partial charge in [-0.1, -0.05) is 63.4 Å². The molecule has 1 heterocycles. The van der Waals surface area contributed by atoms with Crippen LogP contribution < -0.4 is 0 Å². The van der Waals surface area contributed by atoms with Gasteiger partial charge < -0.3 is 9.64 Å². The molecule has 0 N–H and O–H groups in total. The van der Waals surface area contributed by atoms with Crippen molar-refractivity contribution >= 4 is 5.91 Å². The summed E-state index contributed by atoms with van der Waals surface area (Å²) in [7, 11) is 0. The molecule has 0 unspecified atom stereocenters. The lowest BCUT2D eigenvalue weighted by Crippen LogP contribution is -2.35. The minimum atomic E-state index is 0.00247. The Kier molecular flexibility index (Phi) is 6.44. The molecule has 1 aliphatic heterocycles. The van der Waals surface area contributed by atoms with Crippen molar-refractivity contribution < 1.29 is 9.53 Å². The fourth-order valence-corrected chi connectivity index (χ4v) is 3.11. The molecule has 1 saturated heterocycles. The molecule has 122 valence electrons. The maximum Gasteiger partial charge on any atom is 0.224 e. The monoisotopic (exact) mass is 303 g/mol. The minimum absolute atomic E-state index is 0.00247. The molecular formula is C19H29NO2. The predicted molar refractivity (Wildman–Crippen MR) is 89.4 cm³/mol. The fourth-order valence-electron chi connectivity index (χ4n) is 3.11. The Labute approximate surface area is 134 Å². The highest BCUT2D eigenvalue weighted by atomic mass is 16.5. The standard InChI is InChI=1S/C19H29NO2/c1-4-5-9-15(2)12-13-18(21)20-14-22-19(16(20)3)17-10-7-6-8-11-17/h6-8,10-11,15-16,19H,4-5,9,12-14H2,1-3H3/t15-,16-,19-/m1/s1. The first kappa shape index (κ1) is 17.0. The second-order valence-electron chi connectivity index (χ2n) is 6.52. The van der Waals surface area contributed by atoms with Crippen LogP contribution in [0.3, 0.4) is 0 Å². The molecule has 0 aliphatic carbocycles. The van der Waals surface area contributed by atoms with E-state index < -0.39 is 0 Å². The van der Waals surface area contributed by atoms with Crippen LogP contribution in [0.1, 0.15) is 64.5 Å². The van der Waals surface area contributed by atoms with E-state index >= 15 is 0 Å². The van der Waals surface area contributed by atoms with E-state index in [4.69, 9.17) is 4.74 Å². The lowest BCUT2D eigenvalue weighted by Gasteiger charge is -2.23. The maximum atomic E-state index is 12.5. The molecule has 3 atom stereocenters. The van der Waals surface area contributed by atoms with Crippen LogP contribution in [-0.2, 0) is 9.53 Å². The molecule has 3 nitrogen and oxygen atoms in total. The second kappa shape index (κ2) is 8.33. The summed E-state index contributed by atoms with van der Waals surface area (Å²) in [6, 6.07) is 10.3. The summed E-state index contributed by atoms with van der Waals surface area (Å²) in [5.41, 5.74) is 1.15. The van der Waals surface area contributed by atoms with Gasteiger partial charge in [-0.3, -0.25) is 4.79 Å². The number of amides is 1. The summed E-state index contributed by atoms with van der Waals surface area (Å²) in [6.45, 7) is 6.97.